The lowest BCUT2D eigenvalue weighted by atomic mass is 9.90. The quantitative estimate of drug-likeness (QED) is 0.316. The normalized spacial score (nSPS) is 21.5. The van der Waals surface area contributed by atoms with Crippen LogP contribution in [0.4, 0.5) is 11.4 Å². The first-order chi connectivity index (χ1) is 16.9. The van der Waals surface area contributed by atoms with Gasteiger partial charge in [-0.25, -0.2) is 0 Å². The lowest BCUT2D eigenvalue weighted by molar-refractivity contribution is 0.705. The van der Waals surface area contributed by atoms with E-state index in [4.69, 9.17) is 0 Å². The molecule has 2 nitrogen and oxygen atoms in total. The van der Waals surface area contributed by atoms with Gasteiger partial charge >= 0.3 is 0 Å². The Balaban J connectivity index is 1.71. The van der Waals surface area contributed by atoms with E-state index in [0.717, 1.165) is 28.2 Å². The molecule has 34 heavy (non-hydrogen) atoms. The molecule has 4 aromatic rings. The van der Waals surface area contributed by atoms with Crippen LogP contribution in [0, 0.1) is 20.8 Å². The maximum Gasteiger partial charge on any atom is 0.137 e. The second-order valence-electron chi connectivity index (χ2n) is 9.40. The summed E-state index contributed by atoms with van der Waals surface area (Å²) in [5.41, 5.74) is 11.6. The third-order valence-electron chi connectivity index (χ3n) is 7.34. The van der Waals surface area contributed by atoms with Crippen LogP contribution in [-0.4, -0.2) is 0 Å². The van der Waals surface area contributed by atoms with Crippen LogP contribution in [0.25, 0.3) is 0 Å². The highest BCUT2D eigenvalue weighted by Crippen LogP contribution is 2.58. The number of nitrogens with zero attached hydrogens (tertiary/aromatic N) is 2. The molecule has 0 bridgehead atoms. The third-order valence-corrected chi connectivity index (χ3v) is 7.34. The molecule has 0 N–H and O–H groups in total. The Bertz CT molecular complexity index is 1450. The lowest BCUT2D eigenvalue weighted by Crippen LogP contribution is -2.33. The van der Waals surface area contributed by atoms with Crippen molar-refractivity contribution in [1.82, 2.24) is 0 Å². The molecule has 0 aliphatic carbocycles. The van der Waals surface area contributed by atoms with Crippen LogP contribution >= 0.6 is 0 Å². The molecule has 0 amide bonds. The summed E-state index contributed by atoms with van der Waals surface area (Å²) < 4.78 is 10.1. The number of allylic oxidation sites excluding steroid dienone is 2. The van der Waals surface area contributed by atoms with Gasteiger partial charge in [0, 0.05) is 24.0 Å². The zero-order valence-electron chi connectivity index (χ0n) is 21.2. The van der Waals surface area contributed by atoms with Gasteiger partial charge in [-0.1, -0.05) is 84.9 Å². The summed E-state index contributed by atoms with van der Waals surface area (Å²) in [7, 11) is 0. The average molecular weight is 444 g/mol. The van der Waals surface area contributed by atoms with E-state index in [1.165, 1.54) is 27.9 Å². The van der Waals surface area contributed by atoms with Crippen LogP contribution < -0.4 is 9.80 Å². The number of anilines is 2. The second-order valence-corrected chi connectivity index (χ2v) is 9.40. The molecule has 6 rings (SSSR count). The zero-order chi connectivity index (χ0) is 24.3. The SMILES string of the molecule is [2H]C1(c2ccccc2)C2=C(C)N(c3ccccc3C)C(c3c(C)cccc3C)N2c2ccccc21. The molecule has 0 aromatic heterocycles. The fourth-order valence-corrected chi connectivity index (χ4v) is 5.82. The van der Waals surface area contributed by atoms with Gasteiger partial charge in [0.25, 0.3) is 0 Å². The number of benzene rings is 4. The maximum absolute atomic E-state index is 10.1. The second kappa shape index (κ2) is 7.92. The molecule has 2 heterocycles. The largest absolute Gasteiger partial charge is 0.318 e. The van der Waals surface area contributed by atoms with E-state index in [1.807, 2.05) is 18.2 Å². The van der Waals surface area contributed by atoms with Crippen LogP contribution in [0.3, 0.4) is 0 Å². The van der Waals surface area contributed by atoms with Crippen molar-refractivity contribution in [1.29, 1.82) is 0 Å². The lowest BCUT2D eigenvalue weighted by Gasteiger charge is -2.36. The molecule has 168 valence electrons. The van der Waals surface area contributed by atoms with Gasteiger partial charge in [-0.15, -0.1) is 0 Å². The van der Waals surface area contributed by atoms with Crippen LogP contribution in [0.1, 0.15) is 53.7 Å². The molecule has 0 saturated carbocycles. The van der Waals surface area contributed by atoms with E-state index in [1.54, 1.807) is 0 Å². The van der Waals surface area contributed by atoms with Gasteiger partial charge in [0.15, 0.2) is 0 Å². The van der Waals surface area contributed by atoms with E-state index in [-0.39, 0.29) is 6.17 Å². The Morgan fingerprint density at radius 3 is 1.88 bits per heavy atom. The predicted molar refractivity (Wildman–Crippen MR) is 142 cm³/mol. The first-order valence-corrected chi connectivity index (χ1v) is 12.0. The van der Waals surface area contributed by atoms with Crippen molar-refractivity contribution >= 4 is 11.4 Å². The van der Waals surface area contributed by atoms with Crippen molar-refractivity contribution in [3.63, 3.8) is 0 Å². The minimum Gasteiger partial charge on any atom is -0.318 e. The first kappa shape index (κ1) is 19.7. The highest BCUT2D eigenvalue weighted by molar-refractivity contribution is 5.79. The van der Waals surface area contributed by atoms with Gasteiger partial charge in [0.1, 0.15) is 6.17 Å². The summed E-state index contributed by atoms with van der Waals surface area (Å²) in [6.45, 7) is 8.79. The van der Waals surface area contributed by atoms with Crippen molar-refractivity contribution in [3.8, 4) is 0 Å². The molecule has 2 aliphatic heterocycles. The Labute approximate surface area is 204 Å². The van der Waals surface area contributed by atoms with E-state index < -0.39 is 5.89 Å². The van der Waals surface area contributed by atoms with Gasteiger partial charge in [0.2, 0.25) is 0 Å². The highest BCUT2D eigenvalue weighted by atomic mass is 15.4. The molecular formula is C32H30N2. The molecule has 0 radical (unpaired) electrons. The topological polar surface area (TPSA) is 6.48 Å². The van der Waals surface area contributed by atoms with E-state index in [0.29, 0.717) is 0 Å². The van der Waals surface area contributed by atoms with E-state index in [9.17, 15) is 1.37 Å². The number of fused-ring (bicyclic) bond motifs is 3. The Morgan fingerprint density at radius 2 is 1.18 bits per heavy atom. The first-order valence-electron chi connectivity index (χ1n) is 12.5. The van der Waals surface area contributed by atoms with Crippen molar-refractivity contribution in [2.75, 3.05) is 9.80 Å². The number of hydrogen-bond acceptors (Lipinski definition) is 2. The molecule has 4 aromatic carbocycles. The maximum atomic E-state index is 10.1. The molecule has 2 heteroatoms. The summed E-state index contributed by atoms with van der Waals surface area (Å²) in [5.74, 6) is -0.992. The van der Waals surface area contributed by atoms with Crippen molar-refractivity contribution in [2.24, 2.45) is 0 Å². The molecule has 0 spiro atoms. The third kappa shape index (κ3) is 2.95. The van der Waals surface area contributed by atoms with Crippen molar-refractivity contribution in [3.05, 3.63) is 142 Å². The predicted octanol–water partition coefficient (Wildman–Crippen LogP) is 8.01. The minimum atomic E-state index is -0.992. The van der Waals surface area contributed by atoms with Crippen molar-refractivity contribution in [2.45, 2.75) is 39.8 Å². The van der Waals surface area contributed by atoms with Crippen LogP contribution in [0.2, 0.25) is 0 Å². The standard InChI is InChI=1S/C32H30N2/c1-21-13-8-10-19-27(21)33-24(4)31-30(25-16-6-5-7-17-25)26-18-9-11-20-28(26)34(31)32(33)29-22(2)14-12-15-23(29)3/h5-20,30,32H,1-4H3/i30D. The van der Waals surface area contributed by atoms with Gasteiger partial charge in [0.05, 0.1) is 11.6 Å². The molecule has 2 atom stereocenters. The summed E-state index contributed by atoms with van der Waals surface area (Å²) in [6, 6.07) is 33.9. The fraction of sp³-hybridized carbons (Fsp3) is 0.188. The number of hydrogen-bond donors (Lipinski definition) is 0. The van der Waals surface area contributed by atoms with Crippen LogP contribution in [0.15, 0.2) is 108 Å². The summed E-state index contributed by atoms with van der Waals surface area (Å²) >= 11 is 0. The Morgan fingerprint density at radius 1 is 0.588 bits per heavy atom. The Kier molecular flexibility index (Phi) is 4.58. The van der Waals surface area contributed by atoms with Gasteiger partial charge in [-0.2, -0.15) is 0 Å². The number of aryl methyl sites for hydroxylation is 3. The monoisotopic (exact) mass is 443 g/mol. The van der Waals surface area contributed by atoms with Crippen LogP contribution in [-0.2, 0) is 0 Å². The van der Waals surface area contributed by atoms with Gasteiger partial charge in [-0.05, 0) is 67.6 Å². The highest BCUT2D eigenvalue weighted by Gasteiger charge is 2.48. The molecular weight excluding hydrogens is 412 g/mol. The summed E-state index contributed by atoms with van der Waals surface area (Å²) in [5, 5.41) is 0. The average Bonchev–Trinajstić information content (AvgIpc) is 3.31. The number of rotatable bonds is 3. The van der Waals surface area contributed by atoms with Crippen LogP contribution in [0.5, 0.6) is 0 Å². The summed E-state index contributed by atoms with van der Waals surface area (Å²) in [6.07, 6.45) is -0.0654. The van der Waals surface area contributed by atoms with Crippen molar-refractivity contribution < 1.29 is 1.37 Å². The molecule has 2 unspecified atom stereocenters. The summed E-state index contributed by atoms with van der Waals surface area (Å²) in [4.78, 5) is 4.90. The zero-order valence-corrected chi connectivity index (χ0v) is 20.2. The smallest absolute Gasteiger partial charge is 0.137 e. The van der Waals surface area contributed by atoms with E-state index in [2.05, 4.69) is 116 Å². The van der Waals surface area contributed by atoms with Gasteiger partial charge in [-0.3, -0.25) is 0 Å². The number of para-hydroxylation sites is 2. The Hall–Kier alpha value is -3.78. The van der Waals surface area contributed by atoms with E-state index >= 15 is 0 Å². The molecule has 0 saturated heterocycles. The van der Waals surface area contributed by atoms with Gasteiger partial charge < -0.3 is 9.80 Å². The molecule has 0 fully saturated rings. The molecule has 2 aliphatic rings. The fourth-order valence-electron chi connectivity index (χ4n) is 5.82. The minimum absolute atomic E-state index is 0.0654.